The number of nitrogens with one attached hydrogen (secondary N) is 3. The van der Waals surface area contributed by atoms with Gasteiger partial charge in [0.1, 0.15) is 11.6 Å². The molecule has 0 atom stereocenters. The van der Waals surface area contributed by atoms with Crippen molar-refractivity contribution in [2.45, 2.75) is 13.8 Å². The largest absolute Gasteiger partial charge is 0.343 e. The van der Waals surface area contributed by atoms with Gasteiger partial charge in [-0.3, -0.25) is 14.4 Å². The van der Waals surface area contributed by atoms with Crippen molar-refractivity contribution in [1.82, 2.24) is 5.32 Å². The predicted molar refractivity (Wildman–Crippen MR) is 92.8 cm³/mol. The fraction of sp³-hybridized carbons (Fsp3) is 0.167. The highest BCUT2D eigenvalue weighted by molar-refractivity contribution is 6.00. The molecule has 3 N–H and O–H groups in total. The number of aryl methyl sites for hydroxylation is 1. The van der Waals surface area contributed by atoms with Crippen molar-refractivity contribution >= 4 is 29.1 Å². The zero-order valence-corrected chi connectivity index (χ0v) is 14.2. The molecule has 136 valence electrons. The van der Waals surface area contributed by atoms with Crippen molar-refractivity contribution in [3.05, 3.63) is 59.2 Å². The normalized spacial score (nSPS) is 10.2. The molecule has 2 aromatic carbocycles. The minimum Gasteiger partial charge on any atom is -0.343 e. The Bertz CT molecular complexity index is 869. The summed E-state index contributed by atoms with van der Waals surface area (Å²) in [4.78, 5) is 35.0. The van der Waals surface area contributed by atoms with Crippen molar-refractivity contribution < 1.29 is 23.2 Å². The van der Waals surface area contributed by atoms with Crippen LogP contribution in [0.5, 0.6) is 0 Å². The van der Waals surface area contributed by atoms with Gasteiger partial charge in [-0.05, 0) is 36.8 Å². The quantitative estimate of drug-likeness (QED) is 0.765. The molecule has 2 aromatic rings. The first kappa shape index (κ1) is 19.0. The number of benzene rings is 2. The Morgan fingerprint density at radius 3 is 2.38 bits per heavy atom. The molecule has 0 heterocycles. The van der Waals surface area contributed by atoms with E-state index in [1.54, 1.807) is 25.1 Å². The van der Waals surface area contributed by atoms with Crippen molar-refractivity contribution in [3.63, 3.8) is 0 Å². The molecule has 3 amide bonds. The average Bonchev–Trinajstić information content (AvgIpc) is 2.55. The molecule has 0 radical (unpaired) electrons. The van der Waals surface area contributed by atoms with Crippen LogP contribution in [0.15, 0.2) is 36.4 Å². The van der Waals surface area contributed by atoms with E-state index in [0.29, 0.717) is 17.4 Å². The fourth-order valence-electron chi connectivity index (χ4n) is 2.16. The van der Waals surface area contributed by atoms with Gasteiger partial charge in [-0.1, -0.05) is 6.07 Å². The van der Waals surface area contributed by atoms with Gasteiger partial charge in [0.25, 0.3) is 5.91 Å². The van der Waals surface area contributed by atoms with Gasteiger partial charge in [-0.15, -0.1) is 0 Å². The van der Waals surface area contributed by atoms with Gasteiger partial charge < -0.3 is 16.0 Å². The first-order valence-electron chi connectivity index (χ1n) is 7.67. The molecule has 0 saturated heterocycles. The monoisotopic (exact) mass is 361 g/mol. The zero-order chi connectivity index (χ0) is 19.3. The van der Waals surface area contributed by atoms with Crippen LogP contribution in [0.2, 0.25) is 0 Å². The number of carbonyl (C=O) groups is 3. The van der Waals surface area contributed by atoms with Crippen LogP contribution in [-0.4, -0.2) is 24.3 Å². The van der Waals surface area contributed by atoms with Crippen molar-refractivity contribution in [3.8, 4) is 0 Å². The van der Waals surface area contributed by atoms with E-state index in [1.807, 2.05) is 0 Å². The van der Waals surface area contributed by atoms with Crippen LogP contribution in [0.1, 0.15) is 22.8 Å². The SMILES string of the molecule is CC(=O)Nc1ccc(C)c(NC(=O)CNC(=O)c2ccc(F)cc2F)c1. The smallest absolute Gasteiger partial charge is 0.254 e. The van der Waals surface area contributed by atoms with Crippen LogP contribution < -0.4 is 16.0 Å². The molecule has 0 fully saturated rings. The van der Waals surface area contributed by atoms with Crippen LogP contribution in [0.3, 0.4) is 0 Å². The number of carbonyl (C=O) groups excluding carboxylic acids is 3. The van der Waals surface area contributed by atoms with Crippen LogP contribution >= 0.6 is 0 Å². The van der Waals surface area contributed by atoms with E-state index >= 15 is 0 Å². The number of amides is 3. The molecule has 0 aliphatic rings. The lowest BCUT2D eigenvalue weighted by atomic mass is 10.1. The molecule has 2 rings (SSSR count). The van der Waals surface area contributed by atoms with Gasteiger partial charge in [-0.25, -0.2) is 8.78 Å². The second kappa shape index (κ2) is 8.19. The first-order chi connectivity index (χ1) is 12.3. The van der Waals surface area contributed by atoms with E-state index < -0.39 is 30.0 Å². The lowest BCUT2D eigenvalue weighted by molar-refractivity contribution is -0.115. The molecule has 0 aromatic heterocycles. The summed E-state index contributed by atoms with van der Waals surface area (Å²) in [7, 11) is 0. The molecule has 0 saturated carbocycles. The summed E-state index contributed by atoms with van der Waals surface area (Å²) in [5.41, 5.74) is 1.37. The molecular formula is C18H17F2N3O3. The fourth-order valence-corrected chi connectivity index (χ4v) is 2.16. The molecule has 0 aliphatic carbocycles. The van der Waals surface area contributed by atoms with Gasteiger partial charge in [0.15, 0.2) is 0 Å². The highest BCUT2D eigenvalue weighted by Gasteiger charge is 2.14. The van der Waals surface area contributed by atoms with E-state index in [4.69, 9.17) is 0 Å². The molecule has 6 nitrogen and oxygen atoms in total. The molecule has 26 heavy (non-hydrogen) atoms. The molecule has 0 aliphatic heterocycles. The highest BCUT2D eigenvalue weighted by Crippen LogP contribution is 2.20. The predicted octanol–water partition coefficient (Wildman–Crippen LogP) is 2.60. The Hall–Kier alpha value is -3.29. The number of rotatable bonds is 5. The topological polar surface area (TPSA) is 87.3 Å². The zero-order valence-electron chi connectivity index (χ0n) is 14.2. The van der Waals surface area contributed by atoms with Gasteiger partial charge in [0.2, 0.25) is 11.8 Å². The summed E-state index contributed by atoms with van der Waals surface area (Å²) in [6.45, 7) is 2.72. The third-order valence-electron chi connectivity index (χ3n) is 3.42. The van der Waals surface area contributed by atoms with E-state index in [0.717, 1.165) is 17.7 Å². The number of halogens is 2. The molecule has 8 heteroatoms. The summed E-state index contributed by atoms with van der Waals surface area (Å²) in [5.74, 6) is -3.43. The van der Waals surface area contributed by atoms with Gasteiger partial charge in [-0.2, -0.15) is 0 Å². The standard InChI is InChI=1S/C18H17F2N3O3/c1-10-3-5-13(22-11(2)24)8-16(10)23-17(25)9-21-18(26)14-6-4-12(19)7-15(14)20/h3-8H,9H2,1-2H3,(H,21,26)(H,22,24)(H,23,25). The van der Waals surface area contributed by atoms with Crippen LogP contribution in [0.25, 0.3) is 0 Å². The Morgan fingerprint density at radius 2 is 1.73 bits per heavy atom. The van der Waals surface area contributed by atoms with Crippen LogP contribution in [0.4, 0.5) is 20.2 Å². The number of hydrogen-bond donors (Lipinski definition) is 3. The van der Waals surface area contributed by atoms with Gasteiger partial charge in [0, 0.05) is 24.4 Å². The van der Waals surface area contributed by atoms with Crippen LogP contribution in [0, 0.1) is 18.6 Å². The summed E-state index contributed by atoms with van der Waals surface area (Å²) in [6, 6.07) is 7.52. The van der Waals surface area contributed by atoms with Gasteiger partial charge >= 0.3 is 0 Å². The van der Waals surface area contributed by atoms with Crippen molar-refractivity contribution in [1.29, 1.82) is 0 Å². The maximum absolute atomic E-state index is 13.5. The van der Waals surface area contributed by atoms with Crippen LogP contribution in [-0.2, 0) is 9.59 Å². The summed E-state index contributed by atoms with van der Waals surface area (Å²) in [6.07, 6.45) is 0. The Labute approximate surface area is 148 Å². The van der Waals surface area contributed by atoms with Gasteiger partial charge in [0.05, 0.1) is 12.1 Å². The highest BCUT2D eigenvalue weighted by atomic mass is 19.1. The summed E-state index contributed by atoms with van der Waals surface area (Å²) in [5, 5.41) is 7.45. The van der Waals surface area contributed by atoms with Crippen molar-refractivity contribution in [2.24, 2.45) is 0 Å². The third kappa shape index (κ3) is 5.10. The lowest BCUT2D eigenvalue weighted by Crippen LogP contribution is -2.33. The third-order valence-corrected chi connectivity index (χ3v) is 3.42. The maximum atomic E-state index is 13.5. The van der Waals surface area contributed by atoms with Crippen molar-refractivity contribution in [2.75, 3.05) is 17.2 Å². The summed E-state index contributed by atoms with van der Waals surface area (Å²) >= 11 is 0. The maximum Gasteiger partial charge on any atom is 0.254 e. The van der Waals surface area contributed by atoms with E-state index in [-0.39, 0.29) is 11.5 Å². The minimum atomic E-state index is -1.01. The summed E-state index contributed by atoms with van der Waals surface area (Å²) < 4.78 is 26.4. The average molecular weight is 361 g/mol. The Kier molecular flexibility index (Phi) is 6.00. The lowest BCUT2D eigenvalue weighted by Gasteiger charge is -2.11. The second-order valence-electron chi connectivity index (χ2n) is 5.57. The first-order valence-corrected chi connectivity index (χ1v) is 7.67. The number of hydrogen-bond acceptors (Lipinski definition) is 3. The van der Waals surface area contributed by atoms with E-state index in [1.165, 1.54) is 6.92 Å². The Balaban J connectivity index is 1.98. The molecular weight excluding hydrogens is 344 g/mol. The minimum absolute atomic E-state index is 0.250. The molecule has 0 unspecified atom stereocenters. The number of anilines is 2. The second-order valence-corrected chi connectivity index (χ2v) is 5.57. The van der Waals surface area contributed by atoms with E-state index in [2.05, 4.69) is 16.0 Å². The molecule has 0 spiro atoms. The Morgan fingerprint density at radius 1 is 1.00 bits per heavy atom. The molecule has 0 bridgehead atoms. The van der Waals surface area contributed by atoms with E-state index in [9.17, 15) is 23.2 Å².